The van der Waals surface area contributed by atoms with E-state index in [1.54, 1.807) is 21.8 Å². The second-order valence-corrected chi connectivity index (χ2v) is 4.58. The fraction of sp³-hybridized carbons (Fsp3) is 0.583. The largest absolute Gasteiger partial charge is 0.376 e. The van der Waals surface area contributed by atoms with Crippen LogP contribution >= 0.6 is 0 Å². The average Bonchev–Trinajstić information content (AvgIpc) is 3.01. The second kappa shape index (κ2) is 6.10. The highest BCUT2D eigenvalue weighted by Crippen LogP contribution is 2.14. The Bertz CT molecular complexity index is 552. The lowest BCUT2D eigenvalue weighted by atomic mass is 10.3. The van der Waals surface area contributed by atoms with Gasteiger partial charge in [-0.3, -0.25) is 4.68 Å². The molecule has 20 heavy (non-hydrogen) atoms. The van der Waals surface area contributed by atoms with Gasteiger partial charge in [0.25, 0.3) is 0 Å². The van der Waals surface area contributed by atoms with Gasteiger partial charge in [-0.1, -0.05) is 5.21 Å². The number of ether oxygens (including phenoxy) is 2. The molecule has 0 radical (unpaired) electrons. The number of rotatable bonds is 7. The summed E-state index contributed by atoms with van der Waals surface area (Å²) in [6.07, 6.45) is 5.47. The standard InChI is InChI=1S/C12H16FN5O2/c13-1-2-17-6-10(5-14-17)12-7-18(16-15-12)3-4-20-11-8-19-9-11/h5-7,11H,1-4,8-9H2. The maximum absolute atomic E-state index is 12.2. The number of halogens is 1. The number of hydrogen-bond donors (Lipinski definition) is 0. The van der Waals surface area contributed by atoms with Crippen LogP contribution in [-0.4, -0.2) is 57.4 Å². The van der Waals surface area contributed by atoms with Crippen LogP contribution in [0, 0.1) is 0 Å². The molecular formula is C12H16FN5O2. The summed E-state index contributed by atoms with van der Waals surface area (Å²) in [5, 5.41) is 12.2. The van der Waals surface area contributed by atoms with Crippen LogP contribution < -0.4 is 0 Å². The molecule has 0 unspecified atom stereocenters. The van der Waals surface area contributed by atoms with Crippen molar-refractivity contribution in [2.45, 2.75) is 19.2 Å². The molecule has 0 atom stereocenters. The van der Waals surface area contributed by atoms with Crippen molar-refractivity contribution in [1.29, 1.82) is 0 Å². The van der Waals surface area contributed by atoms with E-state index in [0.717, 1.165) is 11.3 Å². The first-order valence-corrected chi connectivity index (χ1v) is 6.53. The lowest BCUT2D eigenvalue weighted by Crippen LogP contribution is -2.36. The number of alkyl halides is 1. The van der Waals surface area contributed by atoms with Gasteiger partial charge in [0.05, 0.1) is 45.3 Å². The maximum atomic E-state index is 12.2. The quantitative estimate of drug-likeness (QED) is 0.740. The normalized spacial score (nSPS) is 15.4. The molecule has 1 saturated heterocycles. The Morgan fingerprint density at radius 1 is 1.30 bits per heavy atom. The monoisotopic (exact) mass is 281 g/mol. The third-order valence-electron chi connectivity index (χ3n) is 3.06. The first kappa shape index (κ1) is 13.2. The van der Waals surface area contributed by atoms with Gasteiger partial charge in [-0.15, -0.1) is 5.10 Å². The molecule has 1 aliphatic heterocycles. The molecule has 3 rings (SSSR count). The summed E-state index contributed by atoms with van der Waals surface area (Å²) in [6, 6.07) is 0. The van der Waals surface area contributed by atoms with Crippen molar-refractivity contribution < 1.29 is 13.9 Å². The van der Waals surface area contributed by atoms with E-state index in [1.165, 1.54) is 0 Å². The van der Waals surface area contributed by atoms with Gasteiger partial charge in [0.15, 0.2) is 0 Å². The van der Waals surface area contributed by atoms with Gasteiger partial charge < -0.3 is 9.47 Å². The molecule has 108 valence electrons. The van der Waals surface area contributed by atoms with Crippen LogP contribution in [0.1, 0.15) is 0 Å². The summed E-state index contributed by atoms with van der Waals surface area (Å²) >= 11 is 0. The number of aryl methyl sites for hydroxylation is 1. The van der Waals surface area contributed by atoms with E-state index in [9.17, 15) is 4.39 Å². The fourth-order valence-electron chi connectivity index (χ4n) is 1.87. The summed E-state index contributed by atoms with van der Waals surface area (Å²) in [6.45, 7) is 2.40. The Kier molecular flexibility index (Phi) is 4.03. The van der Waals surface area contributed by atoms with Gasteiger partial charge >= 0.3 is 0 Å². The molecular weight excluding hydrogens is 265 g/mol. The molecule has 0 saturated carbocycles. The van der Waals surface area contributed by atoms with Crippen molar-refractivity contribution in [3.8, 4) is 11.3 Å². The highest BCUT2D eigenvalue weighted by molar-refractivity contribution is 5.54. The van der Waals surface area contributed by atoms with Crippen LogP contribution in [0.5, 0.6) is 0 Å². The molecule has 2 aromatic rings. The summed E-state index contributed by atoms with van der Waals surface area (Å²) in [5.74, 6) is 0. The summed E-state index contributed by atoms with van der Waals surface area (Å²) in [4.78, 5) is 0. The van der Waals surface area contributed by atoms with E-state index < -0.39 is 6.67 Å². The van der Waals surface area contributed by atoms with E-state index in [-0.39, 0.29) is 12.6 Å². The topological polar surface area (TPSA) is 67.0 Å². The van der Waals surface area contributed by atoms with Gasteiger partial charge in [-0.2, -0.15) is 5.10 Å². The van der Waals surface area contributed by atoms with E-state index in [0.29, 0.717) is 26.4 Å². The highest BCUT2D eigenvalue weighted by Gasteiger charge is 2.18. The molecule has 7 nitrogen and oxygen atoms in total. The summed E-state index contributed by atoms with van der Waals surface area (Å²) in [5.41, 5.74) is 1.56. The minimum absolute atomic E-state index is 0.219. The van der Waals surface area contributed by atoms with Gasteiger partial charge in [0.2, 0.25) is 0 Å². The highest BCUT2D eigenvalue weighted by atomic mass is 19.1. The molecule has 1 aliphatic rings. The molecule has 3 heterocycles. The van der Waals surface area contributed by atoms with Crippen molar-refractivity contribution in [2.24, 2.45) is 0 Å². The van der Waals surface area contributed by atoms with Crippen molar-refractivity contribution in [1.82, 2.24) is 24.8 Å². The van der Waals surface area contributed by atoms with Gasteiger partial charge in [-0.05, 0) is 0 Å². The minimum atomic E-state index is -0.434. The zero-order chi connectivity index (χ0) is 13.8. The van der Waals surface area contributed by atoms with Gasteiger partial charge in [-0.25, -0.2) is 9.07 Å². The molecule has 8 heteroatoms. The van der Waals surface area contributed by atoms with Crippen LogP contribution in [0.15, 0.2) is 18.6 Å². The molecule has 0 aromatic carbocycles. The molecule has 2 aromatic heterocycles. The van der Waals surface area contributed by atoms with Crippen LogP contribution in [0.25, 0.3) is 11.3 Å². The van der Waals surface area contributed by atoms with Crippen molar-refractivity contribution >= 4 is 0 Å². The van der Waals surface area contributed by atoms with Crippen molar-refractivity contribution in [3.05, 3.63) is 18.6 Å². The molecule has 0 spiro atoms. The molecule has 1 fully saturated rings. The number of aromatic nitrogens is 5. The van der Waals surface area contributed by atoms with Crippen LogP contribution in [0.2, 0.25) is 0 Å². The Hall–Kier alpha value is -1.80. The lowest BCUT2D eigenvalue weighted by molar-refractivity contribution is -0.131. The van der Waals surface area contributed by atoms with Crippen LogP contribution in [0.3, 0.4) is 0 Å². The second-order valence-electron chi connectivity index (χ2n) is 4.58. The number of hydrogen-bond acceptors (Lipinski definition) is 5. The Morgan fingerprint density at radius 2 is 2.20 bits per heavy atom. The first-order valence-electron chi connectivity index (χ1n) is 6.53. The van der Waals surface area contributed by atoms with Crippen LogP contribution in [-0.2, 0) is 22.6 Å². The van der Waals surface area contributed by atoms with E-state index in [1.807, 2.05) is 6.20 Å². The average molecular weight is 281 g/mol. The minimum Gasteiger partial charge on any atom is -0.376 e. The Morgan fingerprint density at radius 3 is 2.95 bits per heavy atom. The molecule has 0 N–H and O–H groups in total. The predicted molar refractivity (Wildman–Crippen MR) is 67.8 cm³/mol. The molecule has 0 aliphatic carbocycles. The fourth-order valence-corrected chi connectivity index (χ4v) is 1.87. The Balaban J connectivity index is 1.54. The zero-order valence-electron chi connectivity index (χ0n) is 11.0. The third kappa shape index (κ3) is 3.02. The van der Waals surface area contributed by atoms with E-state index >= 15 is 0 Å². The lowest BCUT2D eigenvalue weighted by Gasteiger charge is -2.25. The smallest absolute Gasteiger partial charge is 0.116 e. The zero-order valence-corrected chi connectivity index (χ0v) is 11.0. The van der Waals surface area contributed by atoms with E-state index in [2.05, 4.69) is 15.4 Å². The summed E-state index contributed by atoms with van der Waals surface area (Å²) < 4.78 is 26.1. The SMILES string of the molecule is FCCn1cc(-c2cn(CCOC3COC3)nn2)cn1. The Labute approximate surface area is 115 Å². The molecule has 0 bridgehead atoms. The first-order chi connectivity index (χ1) is 9.85. The van der Waals surface area contributed by atoms with Crippen molar-refractivity contribution in [3.63, 3.8) is 0 Å². The van der Waals surface area contributed by atoms with Gasteiger partial charge in [0.1, 0.15) is 18.5 Å². The molecule has 0 amide bonds. The summed E-state index contributed by atoms with van der Waals surface area (Å²) in [7, 11) is 0. The van der Waals surface area contributed by atoms with Crippen molar-refractivity contribution in [2.75, 3.05) is 26.5 Å². The predicted octanol–water partition coefficient (Wildman–Crippen LogP) is 0.526. The third-order valence-corrected chi connectivity index (χ3v) is 3.06. The van der Waals surface area contributed by atoms with E-state index in [4.69, 9.17) is 9.47 Å². The number of nitrogens with zero attached hydrogens (tertiary/aromatic N) is 5. The van der Waals surface area contributed by atoms with Gasteiger partial charge in [0, 0.05) is 11.8 Å². The maximum Gasteiger partial charge on any atom is 0.116 e. The van der Waals surface area contributed by atoms with Crippen LogP contribution in [0.4, 0.5) is 4.39 Å².